The summed E-state index contributed by atoms with van der Waals surface area (Å²) in [6.45, 7) is 11.1. The van der Waals surface area contributed by atoms with Gasteiger partial charge in [-0.25, -0.2) is 4.98 Å². The van der Waals surface area contributed by atoms with Crippen molar-refractivity contribution in [2.24, 2.45) is 0 Å². The minimum absolute atomic E-state index is 0.373. The number of piperazine rings is 1. The Bertz CT molecular complexity index is 1080. The van der Waals surface area contributed by atoms with Crippen LogP contribution in [-0.4, -0.2) is 65.7 Å². The fourth-order valence-electron chi connectivity index (χ4n) is 4.80. The van der Waals surface area contributed by atoms with E-state index in [1.807, 2.05) is 12.4 Å². The predicted molar refractivity (Wildman–Crippen MR) is 138 cm³/mol. The third-order valence-corrected chi connectivity index (χ3v) is 7.05. The van der Waals surface area contributed by atoms with Gasteiger partial charge in [0.1, 0.15) is 5.82 Å². The van der Waals surface area contributed by atoms with E-state index in [0.29, 0.717) is 6.04 Å². The zero-order valence-electron chi connectivity index (χ0n) is 20.6. The molecule has 0 unspecified atom stereocenters. The Kier molecular flexibility index (Phi) is 6.63. The number of anilines is 3. The average molecular weight is 458 g/mol. The molecule has 0 bridgehead atoms. The molecule has 0 saturated carbocycles. The van der Waals surface area contributed by atoms with Crippen molar-refractivity contribution in [1.29, 1.82) is 0 Å². The van der Waals surface area contributed by atoms with Gasteiger partial charge in [-0.3, -0.25) is 9.88 Å². The summed E-state index contributed by atoms with van der Waals surface area (Å²) < 4.78 is 0. The van der Waals surface area contributed by atoms with Crippen LogP contribution in [0.1, 0.15) is 30.7 Å². The zero-order valence-corrected chi connectivity index (χ0v) is 20.6. The molecule has 178 valence electrons. The van der Waals surface area contributed by atoms with Gasteiger partial charge in [-0.15, -0.1) is 0 Å². The molecule has 1 fully saturated rings. The van der Waals surface area contributed by atoms with Crippen LogP contribution in [-0.2, 0) is 19.5 Å². The number of pyridine rings is 1. The van der Waals surface area contributed by atoms with Gasteiger partial charge >= 0.3 is 0 Å². The van der Waals surface area contributed by atoms with Crippen LogP contribution < -0.4 is 14.7 Å². The largest absolute Gasteiger partial charge is 0.368 e. The molecule has 0 N–H and O–H groups in total. The maximum absolute atomic E-state index is 5.16. The van der Waals surface area contributed by atoms with E-state index in [1.54, 1.807) is 0 Å². The van der Waals surface area contributed by atoms with E-state index in [0.717, 1.165) is 64.0 Å². The minimum atomic E-state index is 0.373. The number of hydrogen-bond acceptors (Lipinski definition) is 7. The number of aromatic nitrogens is 3. The van der Waals surface area contributed by atoms with Gasteiger partial charge in [-0.2, -0.15) is 4.98 Å². The summed E-state index contributed by atoms with van der Waals surface area (Å²) in [6.07, 6.45) is 4.70. The molecule has 5 rings (SSSR count). The first kappa shape index (κ1) is 22.6. The van der Waals surface area contributed by atoms with Crippen LogP contribution in [0.2, 0.25) is 0 Å². The molecule has 1 saturated heterocycles. The number of fused-ring (bicyclic) bond motifs is 1. The SMILES string of the molecule is CC(C)N(C)c1nc(N2CCN(c3ccccc3)CC2)nc2c1CN(Cc1ccncc1)CC2. The van der Waals surface area contributed by atoms with E-state index < -0.39 is 0 Å². The molecule has 1 aromatic carbocycles. The van der Waals surface area contributed by atoms with Crippen LogP contribution in [0.15, 0.2) is 54.9 Å². The summed E-state index contributed by atoms with van der Waals surface area (Å²) in [7, 11) is 2.16. The van der Waals surface area contributed by atoms with Gasteiger partial charge in [0.15, 0.2) is 0 Å². The lowest BCUT2D eigenvalue weighted by atomic mass is 10.0. The third kappa shape index (κ3) is 4.85. The van der Waals surface area contributed by atoms with E-state index in [1.165, 1.54) is 22.5 Å². The Labute approximate surface area is 203 Å². The van der Waals surface area contributed by atoms with Crippen LogP contribution in [0.3, 0.4) is 0 Å². The molecular weight excluding hydrogens is 422 g/mol. The highest BCUT2D eigenvalue weighted by molar-refractivity contribution is 5.55. The van der Waals surface area contributed by atoms with Gasteiger partial charge < -0.3 is 14.7 Å². The number of para-hydroxylation sites is 1. The molecule has 2 aromatic heterocycles. The number of nitrogens with zero attached hydrogens (tertiary/aromatic N) is 7. The van der Waals surface area contributed by atoms with Gasteiger partial charge in [0.25, 0.3) is 0 Å². The lowest BCUT2D eigenvalue weighted by Crippen LogP contribution is -2.47. The molecule has 2 aliphatic rings. The van der Waals surface area contributed by atoms with E-state index in [-0.39, 0.29) is 0 Å². The van der Waals surface area contributed by atoms with E-state index in [9.17, 15) is 0 Å². The molecule has 2 aliphatic heterocycles. The Morgan fingerprint density at radius 1 is 0.882 bits per heavy atom. The molecule has 34 heavy (non-hydrogen) atoms. The first-order valence-corrected chi connectivity index (χ1v) is 12.4. The van der Waals surface area contributed by atoms with Crippen LogP contribution in [0.5, 0.6) is 0 Å². The fraction of sp³-hybridized carbons (Fsp3) is 0.444. The second-order valence-corrected chi connectivity index (χ2v) is 9.60. The lowest BCUT2D eigenvalue weighted by molar-refractivity contribution is 0.243. The molecule has 0 spiro atoms. The van der Waals surface area contributed by atoms with Gasteiger partial charge in [0.05, 0.1) is 5.69 Å². The molecular formula is C27H35N7. The van der Waals surface area contributed by atoms with Crippen molar-refractivity contribution < 1.29 is 0 Å². The molecule has 7 nitrogen and oxygen atoms in total. The van der Waals surface area contributed by atoms with Crippen LogP contribution >= 0.6 is 0 Å². The fourth-order valence-corrected chi connectivity index (χ4v) is 4.80. The van der Waals surface area contributed by atoms with Crippen molar-refractivity contribution in [1.82, 2.24) is 19.9 Å². The smallest absolute Gasteiger partial charge is 0.227 e. The van der Waals surface area contributed by atoms with Crippen molar-refractivity contribution in [2.45, 2.75) is 39.4 Å². The van der Waals surface area contributed by atoms with Gasteiger partial charge in [0, 0.05) is 89.0 Å². The highest BCUT2D eigenvalue weighted by Gasteiger charge is 2.27. The average Bonchev–Trinajstić information content (AvgIpc) is 2.89. The Morgan fingerprint density at radius 3 is 2.29 bits per heavy atom. The third-order valence-electron chi connectivity index (χ3n) is 7.05. The van der Waals surface area contributed by atoms with E-state index in [2.05, 4.69) is 87.9 Å². The molecule has 3 aromatic rings. The summed E-state index contributed by atoms with van der Waals surface area (Å²) in [5.74, 6) is 1.97. The zero-order chi connectivity index (χ0) is 23.5. The van der Waals surface area contributed by atoms with Gasteiger partial charge in [-0.1, -0.05) is 18.2 Å². The summed E-state index contributed by atoms with van der Waals surface area (Å²) in [5, 5.41) is 0. The van der Waals surface area contributed by atoms with Crippen molar-refractivity contribution in [2.75, 3.05) is 54.5 Å². The molecule has 0 amide bonds. The maximum atomic E-state index is 5.16. The lowest BCUT2D eigenvalue weighted by Gasteiger charge is -2.38. The highest BCUT2D eigenvalue weighted by Crippen LogP contribution is 2.30. The summed E-state index contributed by atoms with van der Waals surface area (Å²) >= 11 is 0. The molecule has 7 heteroatoms. The number of hydrogen-bond donors (Lipinski definition) is 0. The second-order valence-electron chi connectivity index (χ2n) is 9.60. The number of benzene rings is 1. The topological polar surface area (TPSA) is 51.6 Å². The summed E-state index contributed by atoms with van der Waals surface area (Å²) in [5.41, 5.74) is 5.08. The van der Waals surface area contributed by atoms with Crippen molar-refractivity contribution in [3.8, 4) is 0 Å². The van der Waals surface area contributed by atoms with Gasteiger partial charge in [0.2, 0.25) is 5.95 Å². The standard InChI is InChI=1S/C27H35N7/c1-21(2)31(3)26-24-20-32(19-22-9-12-28-13-10-22)14-11-25(24)29-27(30-26)34-17-15-33(16-18-34)23-7-5-4-6-8-23/h4-10,12-13,21H,11,14-20H2,1-3H3. The monoisotopic (exact) mass is 457 g/mol. The second kappa shape index (κ2) is 9.97. The first-order valence-electron chi connectivity index (χ1n) is 12.4. The highest BCUT2D eigenvalue weighted by atomic mass is 15.3. The Morgan fingerprint density at radius 2 is 1.59 bits per heavy atom. The molecule has 4 heterocycles. The maximum Gasteiger partial charge on any atom is 0.227 e. The first-order chi connectivity index (χ1) is 16.6. The van der Waals surface area contributed by atoms with Crippen LogP contribution in [0, 0.1) is 0 Å². The minimum Gasteiger partial charge on any atom is -0.368 e. The Balaban J connectivity index is 1.36. The molecule has 0 radical (unpaired) electrons. The summed E-state index contributed by atoms with van der Waals surface area (Å²) in [6, 6.07) is 15.3. The Hall–Kier alpha value is -3.19. The summed E-state index contributed by atoms with van der Waals surface area (Å²) in [4.78, 5) is 24.0. The van der Waals surface area contributed by atoms with Crippen molar-refractivity contribution >= 4 is 17.5 Å². The van der Waals surface area contributed by atoms with Crippen LogP contribution in [0.25, 0.3) is 0 Å². The van der Waals surface area contributed by atoms with Crippen LogP contribution in [0.4, 0.5) is 17.5 Å². The van der Waals surface area contributed by atoms with Crippen molar-refractivity contribution in [3.63, 3.8) is 0 Å². The van der Waals surface area contributed by atoms with Gasteiger partial charge in [-0.05, 0) is 43.7 Å². The van der Waals surface area contributed by atoms with E-state index in [4.69, 9.17) is 9.97 Å². The van der Waals surface area contributed by atoms with Crippen molar-refractivity contribution in [3.05, 3.63) is 71.7 Å². The molecule has 0 atom stereocenters. The normalized spacial score (nSPS) is 16.6. The quantitative estimate of drug-likeness (QED) is 0.561. The number of rotatable bonds is 6. The molecule has 0 aliphatic carbocycles. The van der Waals surface area contributed by atoms with E-state index >= 15 is 0 Å². The predicted octanol–water partition coefficient (Wildman–Crippen LogP) is 3.60.